The molecule has 0 spiro atoms. The van der Waals surface area contributed by atoms with Crippen LogP contribution in [0.1, 0.15) is 20.9 Å². The van der Waals surface area contributed by atoms with E-state index in [1.165, 1.54) is 10.3 Å². The maximum Gasteiger partial charge on any atom is 0.256 e. The Bertz CT molecular complexity index is 1500. The van der Waals surface area contributed by atoms with Crippen molar-refractivity contribution in [3.8, 4) is 11.1 Å². The number of likely N-dealkylation sites (N-methyl/N-ethyl adjacent to an activating group) is 1. The zero-order chi connectivity index (χ0) is 25.2. The average Bonchev–Trinajstić information content (AvgIpc) is 3.69. The van der Waals surface area contributed by atoms with Crippen LogP contribution in [0.2, 0.25) is 0 Å². The zero-order valence-corrected chi connectivity index (χ0v) is 21.9. The van der Waals surface area contributed by atoms with E-state index in [0.29, 0.717) is 6.54 Å². The van der Waals surface area contributed by atoms with Crippen molar-refractivity contribution in [1.82, 2.24) is 23.9 Å². The monoisotopic (exact) mass is 509 g/mol. The van der Waals surface area contributed by atoms with Crippen LogP contribution in [-0.4, -0.2) is 63.1 Å². The molecule has 1 saturated heterocycles. The fraction of sp³-hybridized carbons (Fsp3) is 0.267. The normalized spacial score (nSPS) is 14.5. The van der Waals surface area contributed by atoms with Gasteiger partial charge >= 0.3 is 0 Å². The molecule has 1 aliphatic heterocycles. The van der Waals surface area contributed by atoms with Gasteiger partial charge in [-0.3, -0.25) is 4.79 Å². The molecular weight excluding hydrogens is 478 g/mol. The van der Waals surface area contributed by atoms with Gasteiger partial charge in [-0.05, 0) is 41.3 Å². The van der Waals surface area contributed by atoms with Gasteiger partial charge < -0.3 is 18.9 Å². The number of rotatable bonds is 7. The van der Waals surface area contributed by atoms with E-state index >= 15 is 0 Å². The van der Waals surface area contributed by atoms with Gasteiger partial charge in [0, 0.05) is 61.8 Å². The minimum atomic E-state index is 0.112. The number of fused-ring (bicyclic) bond motifs is 1. The standard InChI is InChI=1S/C30H31N5OS/c1-32-13-15-34(16-14-32)30(36)29-21-33(19-24-18-31-22-35(24)12-11-25-8-5-17-37-25)20-28(29)27-10-4-7-23-6-2-3-9-26(23)27/h2-10,17-18,20-22H,11-16,19H2,1H3. The second-order valence-electron chi connectivity index (χ2n) is 9.79. The second-order valence-corrected chi connectivity index (χ2v) is 10.8. The first-order chi connectivity index (χ1) is 18.2. The lowest BCUT2D eigenvalue weighted by atomic mass is 9.97. The predicted octanol–water partition coefficient (Wildman–Crippen LogP) is 5.24. The molecule has 37 heavy (non-hydrogen) atoms. The Morgan fingerprint density at radius 1 is 0.946 bits per heavy atom. The molecule has 3 aromatic heterocycles. The molecule has 0 radical (unpaired) electrons. The summed E-state index contributed by atoms with van der Waals surface area (Å²) in [4.78, 5) is 23.9. The molecule has 0 N–H and O–H groups in total. The van der Waals surface area contributed by atoms with E-state index < -0.39 is 0 Å². The molecule has 6 rings (SSSR count). The number of carbonyl (C=O) groups excluding carboxylic acids is 1. The number of imidazole rings is 1. The third-order valence-electron chi connectivity index (χ3n) is 7.30. The molecule has 0 saturated carbocycles. The molecule has 0 atom stereocenters. The van der Waals surface area contributed by atoms with E-state index in [9.17, 15) is 4.79 Å². The number of carbonyl (C=O) groups is 1. The number of aryl methyl sites for hydroxylation is 2. The number of thiophene rings is 1. The third kappa shape index (κ3) is 4.97. The highest BCUT2D eigenvalue weighted by Gasteiger charge is 2.25. The summed E-state index contributed by atoms with van der Waals surface area (Å²) in [6.45, 7) is 4.87. The Morgan fingerprint density at radius 3 is 2.62 bits per heavy atom. The Morgan fingerprint density at radius 2 is 1.78 bits per heavy atom. The van der Waals surface area contributed by atoms with E-state index in [1.54, 1.807) is 11.3 Å². The maximum atomic E-state index is 13.8. The van der Waals surface area contributed by atoms with Crippen LogP contribution in [0.25, 0.3) is 21.9 Å². The zero-order valence-electron chi connectivity index (χ0n) is 21.1. The van der Waals surface area contributed by atoms with Gasteiger partial charge in [-0.15, -0.1) is 11.3 Å². The Hall–Kier alpha value is -3.68. The first kappa shape index (κ1) is 23.7. The fourth-order valence-corrected chi connectivity index (χ4v) is 5.88. The first-order valence-corrected chi connectivity index (χ1v) is 13.7. The molecule has 5 aromatic rings. The molecule has 0 bridgehead atoms. The highest BCUT2D eigenvalue weighted by atomic mass is 32.1. The number of hydrogen-bond donors (Lipinski definition) is 0. The molecule has 7 heteroatoms. The molecule has 6 nitrogen and oxygen atoms in total. The molecule has 0 aliphatic carbocycles. The van der Waals surface area contributed by atoms with Crippen molar-refractivity contribution in [2.24, 2.45) is 0 Å². The second kappa shape index (κ2) is 10.4. The molecule has 0 unspecified atom stereocenters. The topological polar surface area (TPSA) is 46.3 Å². The molecule has 4 heterocycles. The quantitative estimate of drug-likeness (QED) is 0.301. The molecule has 1 fully saturated rings. The van der Waals surface area contributed by atoms with Crippen molar-refractivity contribution in [2.75, 3.05) is 33.2 Å². The van der Waals surface area contributed by atoms with Crippen molar-refractivity contribution in [3.63, 3.8) is 0 Å². The third-order valence-corrected chi connectivity index (χ3v) is 8.24. The maximum absolute atomic E-state index is 13.8. The van der Waals surface area contributed by atoms with Gasteiger partial charge in [-0.25, -0.2) is 4.98 Å². The lowest BCUT2D eigenvalue weighted by molar-refractivity contribution is 0.0665. The molecular formula is C30H31N5OS. The number of amides is 1. The van der Waals surface area contributed by atoms with Crippen LogP contribution in [0, 0.1) is 0 Å². The Balaban J connectivity index is 1.35. The summed E-state index contributed by atoms with van der Waals surface area (Å²) < 4.78 is 4.37. The minimum absolute atomic E-state index is 0.112. The summed E-state index contributed by atoms with van der Waals surface area (Å²) >= 11 is 1.79. The summed E-state index contributed by atoms with van der Waals surface area (Å²) in [7, 11) is 2.11. The van der Waals surface area contributed by atoms with Crippen molar-refractivity contribution < 1.29 is 4.79 Å². The fourth-order valence-electron chi connectivity index (χ4n) is 5.18. The largest absolute Gasteiger partial charge is 0.347 e. The SMILES string of the molecule is CN1CCN(C(=O)c2cn(Cc3cncn3CCc3cccs3)cc2-c2cccc3ccccc23)CC1. The van der Waals surface area contributed by atoms with Crippen LogP contribution in [-0.2, 0) is 19.5 Å². The number of aromatic nitrogens is 3. The van der Waals surface area contributed by atoms with Crippen LogP contribution in [0.3, 0.4) is 0 Å². The van der Waals surface area contributed by atoms with E-state index in [-0.39, 0.29) is 5.91 Å². The molecule has 1 aliphatic rings. The average molecular weight is 510 g/mol. The number of hydrogen-bond acceptors (Lipinski definition) is 4. The highest BCUT2D eigenvalue weighted by Crippen LogP contribution is 2.33. The van der Waals surface area contributed by atoms with Crippen LogP contribution in [0.15, 0.2) is 84.9 Å². The van der Waals surface area contributed by atoms with E-state index in [2.05, 4.69) is 92.2 Å². The van der Waals surface area contributed by atoms with Crippen molar-refractivity contribution in [3.05, 3.63) is 101 Å². The van der Waals surface area contributed by atoms with E-state index in [1.807, 2.05) is 23.6 Å². The van der Waals surface area contributed by atoms with Crippen molar-refractivity contribution in [2.45, 2.75) is 19.5 Å². The Kier molecular flexibility index (Phi) is 6.64. The summed E-state index contributed by atoms with van der Waals surface area (Å²) in [6, 6.07) is 19.0. The van der Waals surface area contributed by atoms with Gasteiger partial charge in [0.05, 0.1) is 24.1 Å². The molecule has 1 amide bonds. The highest BCUT2D eigenvalue weighted by molar-refractivity contribution is 7.09. The molecule has 2 aromatic carbocycles. The van der Waals surface area contributed by atoms with Crippen molar-refractivity contribution in [1.29, 1.82) is 0 Å². The Labute approximate surface area is 221 Å². The minimum Gasteiger partial charge on any atom is -0.347 e. The number of nitrogens with zero attached hydrogens (tertiary/aromatic N) is 5. The van der Waals surface area contributed by atoms with Crippen LogP contribution >= 0.6 is 11.3 Å². The van der Waals surface area contributed by atoms with Crippen LogP contribution < -0.4 is 0 Å². The van der Waals surface area contributed by atoms with E-state index in [0.717, 1.165) is 66.9 Å². The van der Waals surface area contributed by atoms with E-state index in [4.69, 9.17) is 0 Å². The first-order valence-electron chi connectivity index (χ1n) is 12.8. The molecule has 188 valence electrons. The van der Waals surface area contributed by atoms with Gasteiger partial charge in [0.1, 0.15) is 0 Å². The summed E-state index contributed by atoms with van der Waals surface area (Å²) in [5.41, 5.74) is 3.99. The summed E-state index contributed by atoms with van der Waals surface area (Å²) in [5.74, 6) is 0.112. The van der Waals surface area contributed by atoms with Gasteiger partial charge in [-0.2, -0.15) is 0 Å². The predicted molar refractivity (Wildman–Crippen MR) is 150 cm³/mol. The summed E-state index contributed by atoms with van der Waals surface area (Å²) in [5, 5.41) is 4.46. The van der Waals surface area contributed by atoms with Gasteiger partial charge in [0.25, 0.3) is 5.91 Å². The number of piperazine rings is 1. The van der Waals surface area contributed by atoms with Gasteiger partial charge in [-0.1, -0.05) is 48.5 Å². The smallest absolute Gasteiger partial charge is 0.256 e. The lowest BCUT2D eigenvalue weighted by Gasteiger charge is -2.32. The van der Waals surface area contributed by atoms with Crippen molar-refractivity contribution >= 4 is 28.0 Å². The number of benzene rings is 2. The van der Waals surface area contributed by atoms with Gasteiger partial charge in [0.2, 0.25) is 0 Å². The van der Waals surface area contributed by atoms with Crippen LogP contribution in [0.5, 0.6) is 0 Å². The van der Waals surface area contributed by atoms with Crippen LogP contribution in [0.4, 0.5) is 0 Å². The summed E-state index contributed by atoms with van der Waals surface area (Å²) in [6.07, 6.45) is 9.01. The lowest BCUT2D eigenvalue weighted by Crippen LogP contribution is -2.47. The van der Waals surface area contributed by atoms with Gasteiger partial charge in [0.15, 0.2) is 0 Å².